The van der Waals surface area contributed by atoms with Crippen LogP contribution in [0.15, 0.2) is 12.4 Å². The van der Waals surface area contributed by atoms with Crippen LogP contribution >= 0.6 is 0 Å². The molecule has 0 fully saturated rings. The molecule has 14 heavy (non-hydrogen) atoms. The van der Waals surface area contributed by atoms with E-state index in [1.54, 1.807) is 20.0 Å². The van der Waals surface area contributed by atoms with Crippen molar-refractivity contribution in [2.24, 2.45) is 5.41 Å². The maximum atomic E-state index is 10.8. The Morgan fingerprint density at radius 3 is 2.86 bits per heavy atom. The van der Waals surface area contributed by atoms with Gasteiger partial charge in [0.2, 0.25) is 0 Å². The number of imidazole rings is 1. The zero-order valence-corrected chi connectivity index (χ0v) is 8.10. The van der Waals surface area contributed by atoms with Crippen molar-refractivity contribution >= 4 is 12.3 Å². The molecule has 1 aromatic heterocycles. The second kappa shape index (κ2) is 3.61. The van der Waals surface area contributed by atoms with Crippen molar-refractivity contribution < 1.29 is 14.7 Å². The first-order valence-corrected chi connectivity index (χ1v) is 4.17. The van der Waals surface area contributed by atoms with E-state index in [4.69, 9.17) is 5.11 Å². The van der Waals surface area contributed by atoms with Gasteiger partial charge in [0.25, 0.3) is 0 Å². The second-order valence-corrected chi connectivity index (χ2v) is 3.72. The largest absolute Gasteiger partial charge is 0.481 e. The first-order chi connectivity index (χ1) is 6.47. The fourth-order valence-electron chi connectivity index (χ4n) is 1.07. The Bertz CT molecular complexity index is 355. The summed E-state index contributed by atoms with van der Waals surface area (Å²) in [5.41, 5.74) is -0.904. The van der Waals surface area contributed by atoms with E-state index in [2.05, 4.69) is 4.98 Å². The number of carbonyl (C=O) groups is 2. The van der Waals surface area contributed by atoms with E-state index in [9.17, 15) is 9.59 Å². The van der Waals surface area contributed by atoms with Gasteiger partial charge in [-0.2, -0.15) is 0 Å². The summed E-state index contributed by atoms with van der Waals surface area (Å²) in [5, 5.41) is 8.88. The molecule has 5 heteroatoms. The molecule has 1 N–H and O–H groups in total. The normalized spacial score (nSPS) is 11.3. The summed E-state index contributed by atoms with van der Waals surface area (Å²) < 4.78 is 1.53. The molecule has 0 saturated heterocycles. The number of hydrogen-bond acceptors (Lipinski definition) is 3. The molecule has 1 rings (SSSR count). The molecule has 0 spiro atoms. The fourth-order valence-corrected chi connectivity index (χ4v) is 1.07. The predicted octanol–water partition coefficient (Wildman–Crippen LogP) is 0.806. The number of carboxylic acid groups (broad SMARTS) is 1. The SMILES string of the molecule is CC(C)(Cn1ccnc1C=O)C(=O)O. The van der Waals surface area contributed by atoms with Gasteiger partial charge in [-0.3, -0.25) is 9.59 Å². The fraction of sp³-hybridized carbons (Fsp3) is 0.444. The van der Waals surface area contributed by atoms with E-state index in [1.807, 2.05) is 0 Å². The molecule has 5 nitrogen and oxygen atoms in total. The monoisotopic (exact) mass is 196 g/mol. The molecule has 0 aliphatic heterocycles. The Labute approximate surface area is 81.4 Å². The van der Waals surface area contributed by atoms with Crippen LogP contribution in [0.25, 0.3) is 0 Å². The van der Waals surface area contributed by atoms with Gasteiger partial charge < -0.3 is 9.67 Å². The van der Waals surface area contributed by atoms with Gasteiger partial charge in [0.1, 0.15) is 0 Å². The van der Waals surface area contributed by atoms with Crippen molar-refractivity contribution in [3.63, 3.8) is 0 Å². The molecule has 0 saturated carbocycles. The highest BCUT2D eigenvalue weighted by atomic mass is 16.4. The topological polar surface area (TPSA) is 72.2 Å². The molecular formula is C9H12N2O3. The van der Waals surface area contributed by atoms with Crippen molar-refractivity contribution in [1.82, 2.24) is 9.55 Å². The summed E-state index contributed by atoms with van der Waals surface area (Å²) in [4.78, 5) is 25.1. The Kier molecular flexibility index (Phi) is 2.69. The molecule has 76 valence electrons. The van der Waals surface area contributed by atoms with Gasteiger partial charge in [0, 0.05) is 18.9 Å². The van der Waals surface area contributed by atoms with Gasteiger partial charge in [-0.15, -0.1) is 0 Å². The van der Waals surface area contributed by atoms with Crippen molar-refractivity contribution in [3.05, 3.63) is 18.2 Å². The number of hydrogen-bond donors (Lipinski definition) is 1. The van der Waals surface area contributed by atoms with Crippen molar-refractivity contribution in [3.8, 4) is 0 Å². The van der Waals surface area contributed by atoms with Gasteiger partial charge in [-0.25, -0.2) is 4.98 Å². The zero-order valence-electron chi connectivity index (χ0n) is 8.10. The van der Waals surface area contributed by atoms with Crippen molar-refractivity contribution in [1.29, 1.82) is 0 Å². The van der Waals surface area contributed by atoms with Crippen LogP contribution in [0.5, 0.6) is 0 Å². The van der Waals surface area contributed by atoms with Crippen LogP contribution in [0.3, 0.4) is 0 Å². The minimum Gasteiger partial charge on any atom is -0.481 e. The summed E-state index contributed by atoms with van der Waals surface area (Å²) in [7, 11) is 0. The average molecular weight is 196 g/mol. The molecule has 0 bridgehead atoms. The van der Waals surface area contributed by atoms with Crippen LogP contribution < -0.4 is 0 Å². The van der Waals surface area contributed by atoms with E-state index in [-0.39, 0.29) is 12.4 Å². The Morgan fingerprint density at radius 2 is 2.36 bits per heavy atom. The van der Waals surface area contributed by atoms with Crippen LogP contribution in [0.4, 0.5) is 0 Å². The van der Waals surface area contributed by atoms with Gasteiger partial charge in [0.05, 0.1) is 5.41 Å². The molecule has 0 aliphatic carbocycles. The lowest BCUT2D eigenvalue weighted by Gasteiger charge is -2.19. The maximum absolute atomic E-state index is 10.8. The molecule has 1 heterocycles. The third-order valence-corrected chi connectivity index (χ3v) is 2.00. The highest BCUT2D eigenvalue weighted by molar-refractivity contribution is 5.74. The van der Waals surface area contributed by atoms with E-state index in [0.717, 1.165) is 0 Å². The zero-order chi connectivity index (χ0) is 10.8. The molecular weight excluding hydrogens is 184 g/mol. The quantitative estimate of drug-likeness (QED) is 0.723. The predicted molar refractivity (Wildman–Crippen MR) is 49.0 cm³/mol. The Balaban J connectivity index is 2.88. The van der Waals surface area contributed by atoms with E-state index in [1.165, 1.54) is 10.8 Å². The third-order valence-electron chi connectivity index (χ3n) is 2.00. The van der Waals surface area contributed by atoms with Crippen LogP contribution in [-0.4, -0.2) is 26.9 Å². The Hall–Kier alpha value is -1.65. The minimum atomic E-state index is -0.904. The summed E-state index contributed by atoms with van der Waals surface area (Å²) in [6, 6.07) is 0. The molecule has 0 atom stereocenters. The molecule has 0 radical (unpaired) electrons. The second-order valence-electron chi connectivity index (χ2n) is 3.72. The maximum Gasteiger partial charge on any atom is 0.310 e. The number of aliphatic carboxylic acids is 1. The van der Waals surface area contributed by atoms with Crippen LogP contribution in [0.1, 0.15) is 24.5 Å². The first-order valence-electron chi connectivity index (χ1n) is 4.17. The highest BCUT2D eigenvalue weighted by Crippen LogP contribution is 2.18. The number of carboxylic acids is 1. The standard InChI is InChI=1S/C9H12N2O3/c1-9(2,8(13)14)6-11-4-3-10-7(11)5-12/h3-5H,6H2,1-2H3,(H,13,14). The summed E-state index contributed by atoms with van der Waals surface area (Å²) in [6.07, 6.45) is 3.67. The first kappa shape index (κ1) is 10.4. The average Bonchev–Trinajstić information content (AvgIpc) is 2.50. The lowest BCUT2D eigenvalue weighted by Crippen LogP contribution is -2.29. The number of aromatic nitrogens is 2. The number of nitrogens with zero attached hydrogens (tertiary/aromatic N) is 2. The van der Waals surface area contributed by atoms with Crippen molar-refractivity contribution in [2.75, 3.05) is 0 Å². The summed E-state index contributed by atoms with van der Waals surface area (Å²) in [5.74, 6) is -0.651. The highest BCUT2D eigenvalue weighted by Gasteiger charge is 2.28. The van der Waals surface area contributed by atoms with Crippen LogP contribution in [-0.2, 0) is 11.3 Å². The van der Waals surface area contributed by atoms with Gasteiger partial charge in [0.15, 0.2) is 12.1 Å². The number of rotatable bonds is 4. The smallest absolute Gasteiger partial charge is 0.310 e. The van der Waals surface area contributed by atoms with E-state index >= 15 is 0 Å². The molecule has 0 unspecified atom stereocenters. The van der Waals surface area contributed by atoms with Crippen molar-refractivity contribution in [2.45, 2.75) is 20.4 Å². The van der Waals surface area contributed by atoms with Crippen LogP contribution in [0, 0.1) is 5.41 Å². The van der Waals surface area contributed by atoms with Crippen LogP contribution in [0.2, 0.25) is 0 Å². The Morgan fingerprint density at radius 1 is 1.71 bits per heavy atom. The molecule has 1 aromatic rings. The molecule has 0 aliphatic rings. The van der Waals surface area contributed by atoms with Gasteiger partial charge in [-0.05, 0) is 13.8 Å². The summed E-state index contributed by atoms with van der Waals surface area (Å²) >= 11 is 0. The van der Waals surface area contributed by atoms with E-state index < -0.39 is 11.4 Å². The molecule has 0 aromatic carbocycles. The summed E-state index contributed by atoms with van der Waals surface area (Å²) in [6.45, 7) is 3.43. The lowest BCUT2D eigenvalue weighted by atomic mass is 9.94. The molecule has 0 amide bonds. The van der Waals surface area contributed by atoms with Gasteiger partial charge in [-0.1, -0.05) is 0 Å². The van der Waals surface area contributed by atoms with Gasteiger partial charge >= 0.3 is 5.97 Å². The number of aldehydes is 1. The lowest BCUT2D eigenvalue weighted by molar-refractivity contribution is -0.147. The number of carbonyl (C=O) groups excluding carboxylic acids is 1. The van der Waals surface area contributed by atoms with E-state index in [0.29, 0.717) is 6.29 Å². The third kappa shape index (κ3) is 1.99. The minimum absolute atomic E-state index is 0.233.